The molecule has 3 rings (SSSR count). The Balaban J connectivity index is 2.08. The van der Waals surface area contributed by atoms with Crippen LogP contribution in [0.4, 0.5) is 5.69 Å². The molecule has 6 heteroatoms. The van der Waals surface area contributed by atoms with Crippen molar-refractivity contribution in [3.63, 3.8) is 0 Å². The number of hydrogen-bond acceptors (Lipinski definition) is 3. The van der Waals surface area contributed by atoms with E-state index in [0.717, 1.165) is 0 Å². The summed E-state index contributed by atoms with van der Waals surface area (Å²) in [6.07, 6.45) is 0.643. The SMILES string of the molecule is CCC(C)n1c(=O)c2ccccc2n(CC(=O)Nc2ccccc2)c1=O. The van der Waals surface area contributed by atoms with E-state index in [9.17, 15) is 14.4 Å². The molecule has 0 aliphatic heterocycles. The molecule has 0 spiro atoms. The molecule has 1 N–H and O–H groups in total. The Labute approximate surface area is 150 Å². The van der Waals surface area contributed by atoms with Gasteiger partial charge in [-0.05, 0) is 37.6 Å². The Morgan fingerprint density at radius 1 is 1.04 bits per heavy atom. The summed E-state index contributed by atoms with van der Waals surface area (Å²) >= 11 is 0. The lowest BCUT2D eigenvalue weighted by Gasteiger charge is -2.17. The van der Waals surface area contributed by atoms with Gasteiger partial charge in [0.05, 0.1) is 10.9 Å². The van der Waals surface area contributed by atoms with Gasteiger partial charge in [0.2, 0.25) is 5.91 Å². The molecule has 0 fully saturated rings. The van der Waals surface area contributed by atoms with Crippen molar-refractivity contribution in [2.45, 2.75) is 32.9 Å². The normalized spacial score (nSPS) is 12.1. The van der Waals surface area contributed by atoms with Crippen LogP contribution in [0.1, 0.15) is 26.3 Å². The minimum atomic E-state index is -0.466. The number of anilines is 1. The van der Waals surface area contributed by atoms with Crippen LogP contribution in [-0.4, -0.2) is 15.0 Å². The molecule has 1 heterocycles. The van der Waals surface area contributed by atoms with Gasteiger partial charge in [0.1, 0.15) is 6.54 Å². The summed E-state index contributed by atoms with van der Waals surface area (Å²) in [7, 11) is 0. The maximum Gasteiger partial charge on any atom is 0.332 e. The van der Waals surface area contributed by atoms with Gasteiger partial charge in [-0.15, -0.1) is 0 Å². The summed E-state index contributed by atoms with van der Waals surface area (Å²) in [4.78, 5) is 38.1. The van der Waals surface area contributed by atoms with Gasteiger partial charge in [0.25, 0.3) is 5.56 Å². The fraction of sp³-hybridized carbons (Fsp3) is 0.250. The largest absolute Gasteiger partial charge is 0.332 e. The van der Waals surface area contributed by atoms with Gasteiger partial charge in [0.15, 0.2) is 0 Å². The van der Waals surface area contributed by atoms with Gasteiger partial charge in [-0.3, -0.25) is 18.7 Å². The third-order valence-corrected chi connectivity index (χ3v) is 4.47. The molecule has 1 atom stereocenters. The maximum absolute atomic E-state index is 12.9. The summed E-state index contributed by atoms with van der Waals surface area (Å²) < 4.78 is 2.60. The molecule has 1 unspecified atom stereocenters. The number of nitrogens with one attached hydrogen (secondary N) is 1. The lowest BCUT2D eigenvalue weighted by Crippen LogP contribution is -2.43. The molecule has 3 aromatic rings. The van der Waals surface area contributed by atoms with Gasteiger partial charge < -0.3 is 5.32 Å². The zero-order chi connectivity index (χ0) is 18.7. The Kier molecular flexibility index (Phi) is 5.02. The van der Waals surface area contributed by atoms with Gasteiger partial charge in [0, 0.05) is 11.7 Å². The second-order valence-corrected chi connectivity index (χ2v) is 6.23. The first-order valence-corrected chi connectivity index (χ1v) is 8.62. The van der Waals surface area contributed by atoms with Crippen molar-refractivity contribution in [2.24, 2.45) is 0 Å². The predicted octanol–water partition coefficient (Wildman–Crippen LogP) is 2.77. The standard InChI is InChI=1S/C20H21N3O3/c1-3-14(2)23-19(25)16-11-7-8-12-17(16)22(20(23)26)13-18(24)21-15-9-5-4-6-10-15/h4-12,14H,3,13H2,1-2H3,(H,21,24). The molecule has 0 saturated carbocycles. The number of carbonyl (C=O) groups is 1. The number of fused-ring (bicyclic) bond motifs is 1. The molecule has 0 aliphatic carbocycles. The van der Waals surface area contributed by atoms with Gasteiger partial charge in [-0.25, -0.2) is 4.79 Å². The molecule has 1 amide bonds. The minimum absolute atomic E-state index is 0.162. The molecule has 0 saturated heterocycles. The van der Waals surface area contributed by atoms with E-state index in [1.165, 1.54) is 9.13 Å². The maximum atomic E-state index is 12.9. The number of hydrogen-bond donors (Lipinski definition) is 1. The number of rotatable bonds is 5. The minimum Gasteiger partial charge on any atom is -0.325 e. The zero-order valence-electron chi connectivity index (χ0n) is 14.8. The molecule has 26 heavy (non-hydrogen) atoms. The van der Waals surface area contributed by atoms with Crippen LogP contribution in [-0.2, 0) is 11.3 Å². The van der Waals surface area contributed by atoms with Crippen LogP contribution in [0.25, 0.3) is 10.9 Å². The van der Waals surface area contributed by atoms with Crippen molar-refractivity contribution < 1.29 is 4.79 Å². The van der Waals surface area contributed by atoms with E-state index in [-0.39, 0.29) is 24.1 Å². The second kappa shape index (κ2) is 7.39. The average molecular weight is 351 g/mol. The van der Waals surface area contributed by atoms with E-state index in [1.54, 1.807) is 36.4 Å². The number of benzene rings is 2. The van der Waals surface area contributed by atoms with Crippen molar-refractivity contribution in [1.82, 2.24) is 9.13 Å². The van der Waals surface area contributed by atoms with Crippen LogP contribution in [0.15, 0.2) is 64.2 Å². The topological polar surface area (TPSA) is 73.1 Å². The molecule has 2 aromatic carbocycles. The van der Waals surface area contributed by atoms with Crippen molar-refractivity contribution in [3.05, 3.63) is 75.4 Å². The van der Waals surface area contributed by atoms with Crippen LogP contribution >= 0.6 is 0 Å². The molecule has 0 bridgehead atoms. The Bertz CT molecular complexity index is 1050. The highest BCUT2D eigenvalue weighted by Gasteiger charge is 2.17. The summed E-state index contributed by atoms with van der Waals surface area (Å²) in [6.45, 7) is 3.58. The second-order valence-electron chi connectivity index (χ2n) is 6.23. The lowest BCUT2D eigenvalue weighted by atomic mass is 10.2. The summed E-state index contributed by atoms with van der Waals surface area (Å²) in [6, 6.07) is 15.7. The first-order chi connectivity index (χ1) is 12.5. The predicted molar refractivity (Wildman–Crippen MR) is 103 cm³/mol. The van der Waals surface area contributed by atoms with Crippen LogP contribution in [0.5, 0.6) is 0 Å². The quantitative estimate of drug-likeness (QED) is 0.768. The lowest BCUT2D eigenvalue weighted by molar-refractivity contribution is -0.116. The fourth-order valence-corrected chi connectivity index (χ4v) is 2.93. The van der Waals surface area contributed by atoms with E-state index in [1.807, 2.05) is 32.0 Å². The smallest absolute Gasteiger partial charge is 0.325 e. The number of nitrogens with zero attached hydrogens (tertiary/aromatic N) is 2. The van der Waals surface area contributed by atoms with Crippen LogP contribution < -0.4 is 16.6 Å². The van der Waals surface area contributed by atoms with E-state index in [4.69, 9.17) is 0 Å². The Hall–Kier alpha value is -3.15. The highest BCUT2D eigenvalue weighted by molar-refractivity contribution is 5.91. The molecular weight excluding hydrogens is 330 g/mol. The highest BCUT2D eigenvalue weighted by atomic mass is 16.2. The van der Waals surface area contributed by atoms with Crippen LogP contribution in [0.2, 0.25) is 0 Å². The Morgan fingerprint density at radius 3 is 2.38 bits per heavy atom. The third kappa shape index (κ3) is 3.31. The molecule has 1 aromatic heterocycles. The first kappa shape index (κ1) is 17.7. The monoisotopic (exact) mass is 351 g/mol. The Morgan fingerprint density at radius 2 is 1.69 bits per heavy atom. The van der Waals surface area contributed by atoms with E-state index in [2.05, 4.69) is 5.32 Å². The highest BCUT2D eigenvalue weighted by Crippen LogP contribution is 2.12. The molecule has 0 radical (unpaired) electrons. The van der Waals surface area contributed by atoms with Crippen LogP contribution in [0, 0.1) is 0 Å². The number of amides is 1. The van der Waals surface area contributed by atoms with Gasteiger partial charge in [-0.2, -0.15) is 0 Å². The van der Waals surface area contributed by atoms with Crippen molar-refractivity contribution in [3.8, 4) is 0 Å². The van der Waals surface area contributed by atoms with Crippen LogP contribution in [0.3, 0.4) is 0 Å². The van der Waals surface area contributed by atoms with Crippen molar-refractivity contribution >= 4 is 22.5 Å². The molecular formula is C20H21N3O3. The number of aromatic nitrogens is 2. The molecule has 0 aliphatic rings. The first-order valence-electron chi connectivity index (χ1n) is 8.62. The molecule has 134 valence electrons. The van der Waals surface area contributed by atoms with E-state index < -0.39 is 5.69 Å². The van der Waals surface area contributed by atoms with Crippen molar-refractivity contribution in [1.29, 1.82) is 0 Å². The van der Waals surface area contributed by atoms with Gasteiger partial charge >= 0.3 is 5.69 Å². The molecule has 6 nitrogen and oxygen atoms in total. The third-order valence-electron chi connectivity index (χ3n) is 4.47. The van der Waals surface area contributed by atoms with E-state index in [0.29, 0.717) is 23.0 Å². The average Bonchev–Trinajstić information content (AvgIpc) is 2.66. The summed E-state index contributed by atoms with van der Waals surface area (Å²) in [5, 5.41) is 3.20. The fourth-order valence-electron chi connectivity index (χ4n) is 2.93. The van der Waals surface area contributed by atoms with E-state index >= 15 is 0 Å². The number of para-hydroxylation sites is 2. The van der Waals surface area contributed by atoms with Crippen molar-refractivity contribution in [2.75, 3.05) is 5.32 Å². The number of carbonyl (C=O) groups excluding carboxylic acids is 1. The van der Waals surface area contributed by atoms with Gasteiger partial charge in [-0.1, -0.05) is 37.3 Å². The summed E-state index contributed by atoms with van der Waals surface area (Å²) in [5.74, 6) is -0.321. The zero-order valence-corrected chi connectivity index (χ0v) is 14.8. The summed E-state index contributed by atoms with van der Waals surface area (Å²) in [5.41, 5.74) is 0.335.